The first-order chi connectivity index (χ1) is 17.2. The molecule has 3 rings (SSSR count). The van der Waals surface area contributed by atoms with Crippen LogP contribution in [0.25, 0.3) is 5.57 Å². The van der Waals surface area contributed by atoms with E-state index in [4.69, 9.17) is 0 Å². The van der Waals surface area contributed by atoms with Crippen molar-refractivity contribution in [2.45, 2.75) is 58.5 Å². The molecule has 36 heavy (non-hydrogen) atoms. The molecule has 1 aliphatic rings. The first kappa shape index (κ1) is 29.0. The quantitative estimate of drug-likeness (QED) is 0.226. The van der Waals surface area contributed by atoms with E-state index in [9.17, 15) is 13.6 Å². The molecule has 3 N–H and O–H groups in total. The summed E-state index contributed by atoms with van der Waals surface area (Å²) in [7, 11) is 1.37. The summed E-state index contributed by atoms with van der Waals surface area (Å²) >= 11 is 0. The van der Waals surface area contributed by atoms with E-state index in [1.165, 1.54) is 33.0 Å². The second-order valence-corrected chi connectivity index (χ2v) is 8.66. The predicted octanol–water partition coefficient (Wildman–Crippen LogP) is 6.81. The number of carbonyl (C=O) groups excluding carboxylic acids is 1. The van der Waals surface area contributed by atoms with Crippen molar-refractivity contribution >= 4 is 26.3 Å². The minimum atomic E-state index is -3.29. The molecule has 0 fully saturated rings. The van der Waals surface area contributed by atoms with Gasteiger partial charge in [0.2, 0.25) is 0 Å². The third kappa shape index (κ3) is 9.08. The molecule has 0 aliphatic carbocycles. The number of carbonyl (C=O) groups is 1. The van der Waals surface area contributed by atoms with Crippen molar-refractivity contribution in [2.24, 2.45) is 0 Å². The summed E-state index contributed by atoms with van der Waals surface area (Å²) in [6.07, 6.45) is 14.4. The summed E-state index contributed by atoms with van der Waals surface area (Å²) in [5.41, 5.74) is 5.24. The van der Waals surface area contributed by atoms with Gasteiger partial charge in [0.25, 0.3) is 0 Å². The lowest BCUT2D eigenvalue weighted by Crippen LogP contribution is -2.37. The molecule has 0 bridgehead atoms. The number of benzene rings is 1. The van der Waals surface area contributed by atoms with Gasteiger partial charge in [-0.05, 0) is 82.3 Å². The number of allylic oxidation sites excluding steroid dienone is 4. The Kier molecular flexibility index (Phi) is 11.5. The molecule has 6 nitrogen and oxygen atoms in total. The maximum Gasteiger partial charge on any atom is 0.408 e. The van der Waals surface area contributed by atoms with Gasteiger partial charge in [0.05, 0.1) is 6.20 Å². The molecule has 1 aromatic heterocycles. The van der Waals surface area contributed by atoms with E-state index in [2.05, 4.69) is 52.1 Å². The highest BCUT2D eigenvalue weighted by Crippen LogP contribution is 2.33. The van der Waals surface area contributed by atoms with Gasteiger partial charge in [-0.2, -0.15) is 13.9 Å². The first-order valence-electron chi connectivity index (χ1n) is 11.9. The number of ketones is 1. The zero-order valence-corrected chi connectivity index (χ0v) is 22.1. The van der Waals surface area contributed by atoms with E-state index in [0.29, 0.717) is 6.42 Å². The van der Waals surface area contributed by atoms with Crippen molar-refractivity contribution in [3.63, 3.8) is 0 Å². The summed E-state index contributed by atoms with van der Waals surface area (Å²) in [5, 5.41) is 13.8. The molecule has 0 radical (unpaired) electrons. The van der Waals surface area contributed by atoms with Crippen molar-refractivity contribution in [3.05, 3.63) is 84.4 Å². The summed E-state index contributed by atoms with van der Waals surface area (Å²) in [4.78, 5) is 10.3. The van der Waals surface area contributed by atoms with Crippen LogP contribution in [0.5, 0.6) is 5.75 Å². The lowest BCUT2D eigenvalue weighted by molar-refractivity contribution is -0.114. The number of alkyl halides is 2. The molecule has 0 amide bonds. The zero-order valence-electron chi connectivity index (χ0n) is 21.0. The molecular weight excluding hydrogens is 481 g/mol. The molecule has 2 aromatic rings. The predicted molar refractivity (Wildman–Crippen MR) is 146 cm³/mol. The normalized spacial score (nSPS) is 15.5. The SMILES string of the molecule is C=CC(=O)CCC.CC/C=C(\CC)C1=C(c2cn[nH]c2)C=CNC1Nc1ccc(OC(F)(F)P)cc1. The largest absolute Gasteiger partial charge is 0.430 e. The molecule has 2 atom stereocenters. The number of aromatic amines is 1. The number of hydrogen-bond acceptors (Lipinski definition) is 5. The van der Waals surface area contributed by atoms with Gasteiger partial charge < -0.3 is 15.4 Å². The third-order valence-corrected chi connectivity index (χ3v) is 5.34. The fraction of sp³-hybridized carbons (Fsp3) is 0.333. The Hall–Kier alpha value is -3.25. The number of nitrogens with zero attached hydrogens (tertiary/aromatic N) is 1. The molecule has 2 heterocycles. The van der Waals surface area contributed by atoms with Gasteiger partial charge in [0.15, 0.2) is 5.78 Å². The standard InChI is InChI=1S/C21H25F2N4OP.C6H10O/c1-3-5-14(4-2)19-18(15-12-25-26-13-15)10-11-24-20(19)27-16-6-8-17(9-7-16)28-21(22,23)29;1-3-5-6(7)4-2/h5-13,20,24,27H,3-4,29H2,1-2H3,(H,25,26);4H,2-3,5H2,1H3/b14-5+;. The Morgan fingerprint density at radius 3 is 2.50 bits per heavy atom. The molecule has 9 heteroatoms. The Balaban J connectivity index is 0.000000572. The molecule has 0 spiro atoms. The van der Waals surface area contributed by atoms with Crippen molar-refractivity contribution in [1.82, 2.24) is 15.5 Å². The zero-order chi connectivity index (χ0) is 26.6. The first-order valence-corrected chi connectivity index (χ1v) is 12.5. The second kappa shape index (κ2) is 14.3. The lowest BCUT2D eigenvalue weighted by Gasteiger charge is -2.30. The van der Waals surface area contributed by atoms with E-state index >= 15 is 0 Å². The number of halogens is 2. The number of dihydropyridines is 1. The van der Waals surface area contributed by atoms with Crippen molar-refractivity contribution in [2.75, 3.05) is 5.32 Å². The fourth-order valence-corrected chi connectivity index (χ4v) is 3.80. The third-order valence-electron chi connectivity index (χ3n) is 5.22. The minimum Gasteiger partial charge on any atom is -0.430 e. The number of H-pyrrole nitrogens is 1. The summed E-state index contributed by atoms with van der Waals surface area (Å²) in [6, 6.07) is 6.47. The van der Waals surface area contributed by atoms with Crippen LogP contribution in [0, 0.1) is 0 Å². The Morgan fingerprint density at radius 1 is 1.28 bits per heavy atom. The Morgan fingerprint density at radius 2 is 2.00 bits per heavy atom. The monoisotopic (exact) mass is 516 g/mol. The molecule has 2 unspecified atom stereocenters. The maximum atomic E-state index is 13.0. The maximum absolute atomic E-state index is 13.0. The molecule has 1 aliphatic heterocycles. The van der Waals surface area contributed by atoms with Gasteiger partial charge in [-0.3, -0.25) is 9.89 Å². The van der Waals surface area contributed by atoms with Crippen LogP contribution in [0.15, 0.2) is 78.8 Å². The van der Waals surface area contributed by atoms with E-state index in [1.807, 2.05) is 25.4 Å². The van der Waals surface area contributed by atoms with Crippen LogP contribution in [-0.2, 0) is 4.79 Å². The topological polar surface area (TPSA) is 79.0 Å². The van der Waals surface area contributed by atoms with Crippen LogP contribution >= 0.6 is 9.24 Å². The fourth-order valence-electron chi connectivity index (χ4n) is 3.66. The van der Waals surface area contributed by atoms with Crippen molar-refractivity contribution in [3.8, 4) is 5.75 Å². The smallest absolute Gasteiger partial charge is 0.408 e. The van der Waals surface area contributed by atoms with E-state index < -0.39 is 5.85 Å². The molecule has 0 saturated carbocycles. The summed E-state index contributed by atoms with van der Waals surface area (Å²) < 4.78 is 30.6. The highest BCUT2D eigenvalue weighted by atomic mass is 31.0. The van der Waals surface area contributed by atoms with Crippen molar-refractivity contribution in [1.29, 1.82) is 0 Å². The van der Waals surface area contributed by atoms with E-state index in [0.717, 1.165) is 41.7 Å². The van der Waals surface area contributed by atoms with E-state index in [-0.39, 0.29) is 17.7 Å². The van der Waals surface area contributed by atoms with Gasteiger partial charge in [-0.15, -0.1) is 0 Å². The van der Waals surface area contributed by atoms with Crippen LogP contribution in [0.4, 0.5) is 14.5 Å². The van der Waals surface area contributed by atoms with Crippen LogP contribution in [-0.4, -0.2) is 28.0 Å². The van der Waals surface area contributed by atoms with Crippen molar-refractivity contribution < 1.29 is 18.3 Å². The van der Waals surface area contributed by atoms with E-state index in [1.54, 1.807) is 18.3 Å². The number of hydrogen-bond donors (Lipinski definition) is 3. The van der Waals surface area contributed by atoms with Crippen LogP contribution in [0.2, 0.25) is 0 Å². The van der Waals surface area contributed by atoms with Gasteiger partial charge in [0.1, 0.15) is 11.9 Å². The minimum absolute atomic E-state index is 0.0991. The highest BCUT2D eigenvalue weighted by Gasteiger charge is 2.25. The number of nitrogens with one attached hydrogen (secondary N) is 3. The summed E-state index contributed by atoms with van der Waals surface area (Å²) in [5.74, 6) is -3.05. The average Bonchev–Trinajstić information content (AvgIpc) is 3.38. The van der Waals surface area contributed by atoms with Crippen LogP contribution in [0.3, 0.4) is 0 Å². The Labute approximate surface area is 214 Å². The number of ether oxygens (including phenoxy) is 1. The molecule has 0 saturated heterocycles. The number of aromatic nitrogens is 2. The summed E-state index contributed by atoms with van der Waals surface area (Å²) in [6.45, 7) is 9.55. The van der Waals surface area contributed by atoms with Crippen LogP contribution < -0.4 is 15.4 Å². The highest BCUT2D eigenvalue weighted by molar-refractivity contribution is 7.17. The van der Waals surface area contributed by atoms with Crippen LogP contribution in [0.1, 0.15) is 52.0 Å². The van der Waals surface area contributed by atoms with Gasteiger partial charge in [-0.1, -0.05) is 33.4 Å². The number of rotatable bonds is 11. The van der Waals surface area contributed by atoms with Gasteiger partial charge in [-0.25, -0.2) is 0 Å². The molecule has 194 valence electrons. The average molecular weight is 517 g/mol. The number of anilines is 1. The molecule has 1 aromatic carbocycles. The van der Waals surface area contributed by atoms with Gasteiger partial charge in [0, 0.05) is 29.4 Å². The lowest BCUT2D eigenvalue weighted by atomic mass is 9.90. The second-order valence-electron chi connectivity index (χ2n) is 7.99. The molecular formula is C27H35F2N4O2P. The van der Waals surface area contributed by atoms with Gasteiger partial charge >= 0.3 is 5.85 Å². The Bertz CT molecular complexity index is 1070.